The van der Waals surface area contributed by atoms with Gasteiger partial charge in [0.05, 0.1) is 0 Å². The second kappa shape index (κ2) is 2.35. The summed E-state index contributed by atoms with van der Waals surface area (Å²) in [5, 5.41) is 3.08. The van der Waals surface area contributed by atoms with Gasteiger partial charge in [-0.3, -0.25) is 0 Å². The molecule has 0 fully saturated rings. The first-order valence-electron chi connectivity index (χ1n) is 3.28. The Balaban J connectivity index is 2.75. The fourth-order valence-electron chi connectivity index (χ4n) is 1.23. The maximum absolute atomic E-state index is 2.33. The van der Waals surface area contributed by atoms with E-state index in [0.717, 1.165) is 0 Å². The molecule has 3 aromatic rings. The number of hydrogen-bond donors (Lipinski definition) is 0. The number of hydrogen-bond acceptors (Lipinski definition) is 1. The van der Waals surface area contributed by atoms with Crippen molar-refractivity contribution >= 4 is 58.3 Å². The Morgan fingerprint density at radius 1 is 0.909 bits per heavy atom. The van der Waals surface area contributed by atoms with Gasteiger partial charge in [-0.15, -0.1) is 0 Å². The van der Waals surface area contributed by atoms with Crippen molar-refractivity contribution in [3.63, 3.8) is 0 Å². The van der Waals surface area contributed by atoms with Crippen LogP contribution < -0.4 is 0 Å². The van der Waals surface area contributed by atoms with E-state index >= 15 is 0 Å². The standard InChI is InChI=1S/C8H4SSe2/c1-3-10-7-5(1)6-2-4-11-8(6)9-7/h1-4H. The molecule has 3 aromatic heterocycles. The number of fused-ring (bicyclic) bond motifs is 3. The van der Waals surface area contributed by atoms with Gasteiger partial charge < -0.3 is 0 Å². The molecule has 0 N–H and O–H groups in total. The first-order valence-corrected chi connectivity index (χ1v) is 7.79. The Bertz CT molecular complexity index is 455. The molecule has 54 valence electrons. The van der Waals surface area contributed by atoms with Crippen molar-refractivity contribution in [2.75, 3.05) is 0 Å². The minimum absolute atomic E-state index is 0.661. The van der Waals surface area contributed by atoms with Crippen molar-refractivity contribution in [2.45, 2.75) is 0 Å². The molecular weight excluding hydrogens is 286 g/mol. The number of rotatable bonds is 0. The SMILES string of the molecule is c1cc2c(sc3[se]ccc32)[se]1. The minimum atomic E-state index is 0.661. The summed E-state index contributed by atoms with van der Waals surface area (Å²) in [4.78, 5) is 4.65. The van der Waals surface area contributed by atoms with Crippen LogP contribution in [0.1, 0.15) is 0 Å². The summed E-state index contributed by atoms with van der Waals surface area (Å²) in [7, 11) is 0. The molecule has 3 rings (SSSR count). The molecule has 0 aliphatic carbocycles. The molecule has 0 amide bonds. The molecule has 0 aliphatic heterocycles. The zero-order valence-electron chi connectivity index (χ0n) is 5.53. The van der Waals surface area contributed by atoms with Crippen LogP contribution in [0.4, 0.5) is 0 Å². The van der Waals surface area contributed by atoms with Crippen LogP contribution in [0.2, 0.25) is 0 Å². The molecule has 0 unspecified atom stereocenters. The molecule has 3 heteroatoms. The summed E-state index contributed by atoms with van der Waals surface area (Å²) in [5.74, 6) is 0. The molecule has 0 spiro atoms. The topological polar surface area (TPSA) is 0 Å². The maximum atomic E-state index is 2.33. The zero-order valence-corrected chi connectivity index (χ0v) is 9.78. The van der Waals surface area contributed by atoms with E-state index in [0.29, 0.717) is 29.0 Å². The van der Waals surface area contributed by atoms with Crippen molar-refractivity contribution in [3.8, 4) is 0 Å². The van der Waals surface area contributed by atoms with E-state index in [-0.39, 0.29) is 0 Å². The summed E-state index contributed by atoms with van der Waals surface area (Å²) in [5.41, 5.74) is 0. The first kappa shape index (κ1) is 6.70. The van der Waals surface area contributed by atoms with Gasteiger partial charge in [0.2, 0.25) is 0 Å². The predicted molar refractivity (Wildman–Crippen MR) is 53.2 cm³/mol. The Morgan fingerprint density at radius 2 is 1.45 bits per heavy atom. The third kappa shape index (κ3) is 0.867. The van der Waals surface area contributed by atoms with Crippen LogP contribution in [0.3, 0.4) is 0 Å². The van der Waals surface area contributed by atoms with Crippen LogP contribution >= 0.6 is 11.3 Å². The molecule has 0 atom stereocenters. The molecule has 0 aliphatic rings. The summed E-state index contributed by atoms with van der Waals surface area (Å²) < 4.78 is 3.29. The Morgan fingerprint density at radius 3 is 2.00 bits per heavy atom. The summed E-state index contributed by atoms with van der Waals surface area (Å²) in [6, 6.07) is 4.60. The van der Waals surface area contributed by atoms with E-state index in [9.17, 15) is 0 Å². The molecule has 3 heterocycles. The van der Waals surface area contributed by atoms with Crippen molar-refractivity contribution in [1.82, 2.24) is 0 Å². The van der Waals surface area contributed by atoms with Crippen molar-refractivity contribution < 1.29 is 0 Å². The van der Waals surface area contributed by atoms with E-state index < -0.39 is 0 Å². The summed E-state index contributed by atoms with van der Waals surface area (Å²) in [6.45, 7) is 0. The van der Waals surface area contributed by atoms with Crippen LogP contribution in [0.15, 0.2) is 22.0 Å². The van der Waals surface area contributed by atoms with E-state index in [4.69, 9.17) is 0 Å². The van der Waals surface area contributed by atoms with Gasteiger partial charge >= 0.3 is 80.3 Å². The van der Waals surface area contributed by atoms with E-state index in [2.05, 4.69) is 22.0 Å². The Kier molecular flexibility index (Phi) is 1.43. The molecule has 0 saturated carbocycles. The molecule has 0 aromatic carbocycles. The van der Waals surface area contributed by atoms with Crippen LogP contribution in [-0.4, -0.2) is 29.0 Å². The molecule has 0 nitrogen and oxygen atoms in total. The van der Waals surface area contributed by atoms with E-state index in [1.807, 2.05) is 11.3 Å². The fourth-order valence-corrected chi connectivity index (χ4v) is 7.76. The molecule has 0 bridgehead atoms. The first-order chi connectivity index (χ1) is 5.45. The molecule has 0 saturated heterocycles. The van der Waals surface area contributed by atoms with Gasteiger partial charge in [-0.05, 0) is 0 Å². The third-order valence-corrected chi connectivity index (χ3v) is 7.56. The van der Waals surface area contributed by atoms with Crippen LogP contribution in [0, 0.1) is 0 Å². The van der Waals surface area contributed by atoms with Gasteiger partial charge in [0, 0.05) is 0 Å². The van der Waals surface area contributed by atoms with E-state index in [1.165, 1.54) is 0 Å². The fraction of sp³-hybridized carbons (Fsp3) is 0. The average Bonchev–Trinajstić information content (AvgIpc) is 2.52. The zero-order chi connectivity index (χ0) is 7.26. The van der Waals surface area contributed by atoms with Gasteiger partial charge in [-0.25, -0.2) is 0 Å². The van der Waals surface area contributed by atoms with Gasteiger partial charge in [0.25, 0.3) is 0 Å². The van der Waals surface area contributed by atoms with Gasteiger partial charge in [-0.1, -0.05) is 0 Å². The normalized spacial score (nSPS) is 11.6. The van der Waals surface area contributed by atoms with Crippen molar-refractivity contribution in [1.29, 1.82) is 0 Å². The van der Waals surface area contributed by atoms with Crippen LogP contribution in [-0.2, 0) is 0 Å². The second-order valence-corrected chi connectivity index (χ2v) is 8.38. The average molecular weight is 290 g/mol. The monoisotopic (exact) mass is 292 g/mol. The predicted octanol–water partition coefficient (Wildman–Crippen LogP) is 2.17. The summed E-state index contributed by atoms with van der Waals surface area (Å²) in [6.07, 6.45) is 0. The Hall–Kier alpha value is 0.219. The summed E-state index contributed by atoms with van der Waals surface area (Å²) >= 11 is 3.36. The Labute approximate surface area is 79.9 Å². The molecule has 0 radical (unpaired) electrons. The van der Waals surface area contributed by atoms with Gasteiger partial charge in [0.15, 0.2) is 0 Å². The molecule has 11 heavy (non-hydrogen) atoms. The van der Waals surface area contributed by atoms with E-state index in [1.54, 1.807) is 17.9 Å². The van der Waals surface area contributed by atoms with Gasteiger partial charge in [0.1, 0.15) is 0 Å². The van der Waals surface area contributed by atoms with Crippen molar-refractivity contribution in [3.05, 3.63) is 22.0 Å². The quantitative estimate of drug-likeness (QED) is 0.557. The van der Waals surface area contributed by atoms with Crippen LogP contribution in [0.25, 0.3) is 17.9 Å². The van der Waals surface area contributed by atoms with Gasteiger partial charge in [-0.2, -0.15) is 0 Å². The molecular formula is C8H4SSe2. The van der Waals surface area contributed by atoms with Crippen molar-refractivity contribution in [2.24, 2.45) is 0 Å². The third-order valence-electron chi connectivity index (χ3n) is 1.73. The number of thiophene rings is 1. The second-order valence-electron chi connectivity index (χ2n) is 2.35. The van der Waals surface area contributed by atoms with Crippen LogP contribution in [0.5, 0.6) is 0 Å².